The van der Waals surface area contributed by atoms with E-state index in [4.69, 9.17) is 16.3 Å². The van der Waals surface area contributed by atoms with Crippen LogP contribution in [0.3, 0.4) is 0 Å². The third-order valence-corrected chi connectivity index (χ3v) is 3.22. The number of halogens is 1. The maximum atomic E-state index is 11.4. The second-order valence-electron chi connectivity index (χ2n) is 4.66. The van der Waals surface area contributed by atoms with Gasteiger partial charge in [0.15, 0.2) is 5.65 Å². The molecule has 0 atom stereocenters. The van der Waals surface area contributed by atoms with E-state index in [0.29, 0.717) is 22.8 Å². The van der Waals surface area contributed by atoms with Crippen LogP contribution >= 0.6 is 11.6 Å². The minimum atomic E-state index is -0.564. The molecule has 23 heavy (non-hydrogen) atoms. The number of hydrogen-bond acceptors (Lipinski definition) is 5. The molecule has 2 aromatic heterocycles. The molecule has 7 nitrogen and oxygen atoms in total. The SMILES string of the molecule is CCOC(=O)Nc1nc2ncc(Nc3ccc(Cl)cc3)cc2[nH]1. The molecule has 8 heteroatoms. The number of carbonyl (C=O) groups is 1. The van der Waals surface area contributed by atoms with Crippen molar-refractivity contribution in [2.75, 3.05) is 17.2 Å². The molecule has 1 amide bonds. The van der Waals surface area contributed by atoms with E-state index in [1.54, 1.807) is 25.3 Å². The van der Waals surface area contributed by atoms with Crippen LogP contribution in [0.4, 0.5) is 22.1 Å². The standard InChI is InChI=1S/C15H14ClN5O2/c1-2-23-15(22)21-14-19-12-7-11(8-17-13(12)20-14)18-10-5-3-9(16)4-6-10/h3-8,18H,2H2,1H3,(H2,17,19,20,21,22). The van der Waals surface area contributed by atoms with Crippen LogP contribution in [-0.4, -0.2) is 27.7 Å². The van der Waals surface area contributed by atoms with Gasteiger partial charge in [-0.3, -0.25) is 5.32 Å². The van der Waals surface area contributed by atoms with Gasteiger partial charge in [-0.1, -0.05) is 11.6 Å². The van der Waals surface area contributed by atoms with Crippen LogP contribution in [0.2, 0.25) is 5.02 Å². The Balaban J connectivity index is 1.78. The molecule has 0 saturated carbocycles. The van der Waals surface area contributed by atoms with Crippen molar-refractivity contribution in [3.05, 3.63) is 41.6 Å². The van der Waals surface area contributed by atoms with Gasteiger partial charge in [-0.25, -0.2) is 9.78 Å². The third-order valence-electron chi connectivity index (χ3n) is 2.97. The number of hydrogen-bond donors (Lipinski definition) is 3. The van der Waals surface area contributed by atoms with Gasteiger partial charge in [0.1, 0.15) is 0 Å². The van der Waals surface area contributed by atoms with E-state index in [1.807, 2.05) is 18.2 Å². The van der Waals surface area contributed by atoms with E-state index < -0.39 is 6.09 Å². The van der Waals surface area contributed by atoms with Crippen LogP contribution in [0, 0.1) is 0 Å². The van der Waals surface area contributed by atoms with E-state index in [-0.39, 0.29) is 5.95 Å². The number of nitrogens with zero attached hydrogens (tertiary/aromatic N) is 2. The number of fused-ring (bicyclic) bond motifs is 1. The van der Waals surface area contributed by atoms with Crippen LogP contribution < -0.4 is 10.6 Å². The van der Waals surface area contributed by atoms with Gasteiger partial charge in [0.2, 0.25) is 5.95 Å². The van der Waals surface area contributed by atoms with E-state index >= 15 is 0 Å². The first-order chi connectivity index (χ1) is 11.1. The maximum absolute atomic E-state index is 11.4. The van der Waals surface area contributed by atoms with E-state index in [0.717, 1.165) is 11.4 Å². The van der Waals surface area contributed by atoms with Crippen molar-refractivity contribution in [3.8, 4) is 0 Å². The normalized spacial score (nSPS) is 10.5. The van der Waals surface area contributed by atoms with Crippen LogP contribution in [0.15, 0.2) is 36.5 Å². The zero-order valence-electron chi connectivity index (χ0n) is 12.3. The monoisotopic (exact) mass is 331 g/mol. The first-order valence-electron chi connectivity index (χ1n) is 6.96. The van der Waals surface area contributed by atoms with Crippen LogP contribution in [0.25, 0.3) is 11.2 Å². The summed E-state index contributed by atoms with van der Waals surface area (Å²) >= 11 is 5.86. The van der Waals surface area contributed by atoms with Crippen molar-refractivity contribution in [1.82, 2.24) is 15.0 Å². The molecule has 0 radical (unpaired) electrons. The Kier molecular flexibility index (Phi) is 4.29. The van der Waals surface area contributed by atoms with E-state index in [9.17, 15) is 4.79 Å². The molecule has 0 aliphatic heterocycles. The summed E-state index contributed by atoms with van der Waals surface area (Å²) in [7, 11) is 0. The molecule has 0 aliphatic rings. The summed E-state index contributed by atoms with van der Waals surface area (Å²) < 4.78 is 4.80. The lowest BCUT2D eigenvalue weighted by Gasteiger charge is -2.05. The molecule has 0 aliphatic carbocycles. The lowest BCUT2D eigenvalue weighted by molar-refractivity contribution is 0.167. The van der Waals surface area contributed by atoms with E-state index in [2.05, 4.69) is 25.6 Å². The van der Waals surface area contributed by atoms with Gasteiger partial charge in [-0.2, -0.15) is 4.98 Å². The zero-order chi connectivity index (χ0) is 16.2. The van der Waals surface area contributed by atoms with Gasteiger partial charge in [0.05, 0.1) is 24.0 Å². The van der Waals surface area contributed by atoms with Gasteiger partial charge >= 0.3 is 6.09 Å². The molecule has 0 bridgehead atoms. The Hall–Kier alpha value is -2.80. The highest BCUT2D eigenvalue weighted by atomic mass is 35.5. The molecule has 3 aromatic rings. The number of rotatable bonds is 4. The summed E-state index contributed by atoms with van der Waals surface area (Å²) in [5, 5.41) is 6.39. The predicted octanol–water partition coefficient (Wildman–Crippen LogP) is 3.92. The average Bonchev–Trinajstić information content (AvgIpc) is 2.91. The molecular formula is C15H14ClN5O2. The number of ether oxygens (including phenoxy) is 1. The van der Waals surface area contributed by atoms with E-state index in [1.165, 1.54) is 0 Å². The largest absolute Gasteiger partial charge is 0.450 e. The Bertz CT molecular complexity index is 832. The Labute approximate surface area is 137 Å². The number of H-pyrrole nitrogens is 1. The zero-order valence-corrected chi connectivity index (χ0v) is 13.0. The van der Waals surface area contributed by atoms with Crippen molar-refractivity contribution in [2.24, 2.45) is 0 Å². The first kappa shape index (κ1) is 15.1. The minimum Gasteiger partial charge on any atom is -0.450 e. The summed E-state index contributed by atoms with van der Waals surface area (Å²) in [5.74, 6) is 0.287. The number of aromatic amines is 1. The molecule has 2 heterocycles. The molecule has 0 fully saturated rings. The predicted molar refractivity (Wildman–Crippen MR) is 89.3 cm³/mol. The summed E-state index contributed by atoms with van der Waals surface area (Å²) in [6.45, 7) is 2.02. The lowest BCUT2D eigenvalue weighted by atomic mass is 10.3. The Morgan fingerprint density at radius 2 is 2.09 bits per heavy atom. The van der Waals surface area contributed by atoms with Gasteiger partial charge in [-0.05, 0) is 37.3 Å². The quantitative estimate of drug-likeness (QED) is 0.673. The number of imidazole rings is 1. The highest BCUT2D eigenvalue weighted by Gasteiger charge is 2.08. The van der Waals surface area contributed by atoms with Gasteiger partial charge in [0.25, 0.3) is 0 Å². The summed E-state index contributed by atoms with van der Waals surface area (Å²) in [4.78, 5) is 22.8. The number of anilines is 3. The average molecular weight is 332 g/mol. The van der Waals surface area contributed by atoms with Gasteiger partial charge < -0.3 is 15.0 Å². The van der Waals surface area contributed by atoms with Crippen LogP contribution in [0.5, 0.6) is 0 Å². The molecule has 3 rings (SSSR count). The number of amides is 1. The summed E-state index contributed by atoms with van der Waals surface area (Å²) in [5.41, 5.74) is 2.86. The molecule has 118 valence electrons. The third kappa shape index (κ3) is 3.70. The van der Waals surface area contributed by atoms with Crippen molar-refractivity contribution < 1.29 is 9.53 Å². The highest BCUT2D eigenvalue weighted by Crippen LogP contribution is 2.21. The first-order valence-corrected chi connectivity index (χ1v) is 7.34. The van der Waals surface area contributed by atoms with Gasteiger partial charge in [0, 0.05) is 10.7 Å². The van der Waals surface area contributed by atoms with Crippen molar-refractivity contribution in [3.63, 3.8) is 0 Å². The van der Waals surface area contributed by atoms with Crippen LogP contribution in [0.1, 0.15) is 6.92 Å². The topological polar surface area (TPSA) is 91.9 Å². The lowest BCUT2D eigenvalue weighted by Crippen LogP contribution is -2.14. The van der Waals surface area contributed by atoms with Crippen LogP contribution in [-0.2, 0) is 4.74 Å². The molecular weight excluding hydrogens is 318 g/mol. The number of benzene rings is 1. The van der Waals surface area contributed by atoms with Crippen molar-refractivity contribution >= 4 is 46.2 Å². The number of carbonyl (C=O) groups excluding carboxylic acids is 1. The smallest absolute Gasteiger partial charge is 0.413 e. The Morgan fingerprint density at radius 1 is 1.30 bits per heavy atom. The molecule has 1 aromatic carbocycles. The molecule has 0 saturated heterocycles. The fourth-order valence-electron chi connectivity index (χ4n) is 1.99. The summed E-state index contributed by atoms with van der Waals surface area (Å²) in [6, 6.07) is 9.18. The maximum Gasteiger partial charge on any atom is 0.413 e. The van der Waals surface area contributed by atoms with Crippen molar-refractivity contribution in [1.29, 1.82) is 0 Å². The number of nitrogens with one attached hydrogen (secondary N) is 3. The number of aromatic nitrogens is 3. The van der Waals surface area contributed by atoms with Crippen molar-refractivity contribution in [2.45, 2.75) is 6.92 Å². The fraction of sp³-hybridized carbons (Fsp3) is 0.133. The second kappa shape index (κ2) is 6.53. The second-order valence-corrected chi connectivity index (χ2v) is 5.09. The fourth-order valence-corrected chi connectivity index (χ4v) is 2.12. The Morgan fingerprint density at radius 3 is 2.83 bits per heavy atom. The highest BCUT2D eigenvalue weighted by molar-refractivity contribution is 6.30. The molecule has 0 spiro atoms. The summed E-state index contributed by atoms with van der Waals surface area (Å²) in [6.07, 6.45) is 1.09. The minimum absolute atomic E-state index is 0.287. The molecule has 3 N–H and O–H groups in total. The number of pyridine rings is 1. The van der Waals surface area contributed by atoms with Gasteiger partial charge in [-0.15, -0.1) is 0 Å². The molecule has 0 unspecified atom stereocenters.